The predicted octanol–water partition coefficient (Wildman–Crippen LogP) is 5.34. The van der Waals surface area contributed by atoms with Crippen molar-refractivity contribution in [2.75, 3.05) is 38.3 Å². The van der Waals surface area contributed by atoms with Crippen LogP contribution in [0.1, 0.15) is 55.0 Å². The van der Waals surface area contributed by atoms with Crippen LogP contribution < -0.4 is 10.2 Å². The van der Waals surface area contributed by atoms with Crippen LogP contribution in [-0.2, 0) is 4.74 Å². The van der Waals surface area contributed by atoms with Crippen molar-refractivity contribution in [1.29, 1.82) is 0 Å². The van der Waals surface area contributed by atoms with Gasteiger partial charge in [0.1, 0.15) is 0 Å². The van der Waals surface area contributed by atoms with Crippen molar-refractivity contribution in [3.8, 4) is 5.69 Å². The van der Waals surface area contributed by atoms with Gasteiger partial charge in [0.05, 0.1) is 17.8 Å². The molecule has 3 heterocycles. The lowest BCUT2D eigenvalue weighted by molar-refractivity contribution is 0.180. The maximum Gasteiger partial charge on any atom is 0.170 e. The molecule has 0 radical (unpaired) electrons. The van der Waals surface area contributed by atoms with Crippen LogP contribution in [0.15, 0.2) is 54.7 Å². The third kappa shape index (κ3) is 5.07. The summed E-state index contributed by atoms with van der Waals surface area (Å²) in [6.07, 6.45) is 2.76. The van der Waals surface area contributed by atoms with Gasteiger partial charge in [-0.2, -0.15) is 0 Å². The number of ether oxygens (including phenoxy) is 1. The Labute approximate surface area is 214 Å². The van der Waals surface area contributed by atoms with Gasteiger partial charge in [0.2, 0.25) is 0 Å². The van der Waals surface area contributed by atoms with E-state index < -0.39 is 0 Å². The van der Waals surface area contributed by atoms with E-state index in [0.717, 1.165) is 36.9 Å². The summed E-state index contributed by atoms with van der Waals surface area (Å²) >= 11 is 5.82. The second kappa shape index (κ2) is 11.2. The third-order valence-electron chi connectivity index (χ3n) is 6.97. The summed E-state index contributed by atoms with van der Waals surface area (Å²) < 4.78 is 7.68. The summed E-state index contributed by atoms with van der Waals surface area (Å²) in [5.41, 5.74) is 7.15. The second-order valence-electron chi connectivity index (χ2n) is 9.02. The van der Waals surface area contributed by atoms with Gasteiger partial charge in [0.15, 0.2) is 5.11 Å². The molecule has 2 atom stereocenters. The van der Waals surface area contributed by atoms with Gasteiger partial charge < -0.3 is 24.4 Å². The molecule has 35 heavy (non-hydrogen) atoms. The van der Waals surface area contributed by atoms with Crippen molar-refractivity contribution < 1.29 is 4.74 Å². The molecule has 1 N–H and O–H groups in total. The fourth-order valence-corrected chi connectivity index (χ4v) is 5.58. The summed E-state index contributed by atoms with van der Waals surface area (Å²) in [4.78, 5) is 9.35. The SMILES string of the molecule is CCN(CC)c1ccc(-n2c(C)cc([C@@H]3[C@@H](c4ccccn4)NC(=S)N3CCCOC)c2C)cc1. The van der Waals surface area contributed by atoms with E-state index in [1.807, 2.05) is 18.3 Å². The molecule has 1 fully saturated rings. The molecule has 6 nitrogen and oxygen atoms in total. The van der Waals surface area contributed by atoms with E-state index in [-0.39, 0.29) is 12.1 Å². The maximum absolute atomic E-state index is 5.82. The molecular weight excluding hydrogens is 454 g/mol. The Morgan fingerprint density at radius 2 is 1.83 bits per heavy atom. The summed E-state index contributed by atoms with van der Waals surface area (Å²) in [5.74, 6) is 0. The number of hydrogen-bond donors (Lipinski definition) is 1. The van der Waals surface area contributed by atoms with Crippen LogP contribution in [-0.4, -0.2) is 52.9 Å². The minimum atomic E-state index is -0.00904. The zero-order valence-corrected chi connectivity index (χ0v) is 22.3. The molecule has 0 amide bonds. The molecule has 1 aromatic carbocycles. The lowest BCUT2D eigenvalue weighted by atomic mass is 9.96. The summed E-state index contributed by atoms with van der Waals surface area (Å²) in [5, 5.41) is 4.34. The summed E-state index contributed by atoms with van der Waals surface area (Å²) in [6.45, 7) is 12.3. The van der Waals surface area contributed by atoms with Crippen molar-refractivity contribution in [3.63, 3.8) is 0 Å². The number of nitrogens with zero attached hydrogens (tertiary/aromatic N) is 4. The number of methoxy groups -OCH3 is 1. The Kier molecular flexibility index (Phi) is 8.08. The predicted molar refractivity (Wildman–Crippen MR) is 147 cm³/mol. The molecule has 2 aromatic heterocycles. The van der Waals surface area contributed by atoms with E-state index in [4.69, 9.17) is 17.0 Å². The maximum atomic E-state index is 5.82. The molecule has 1 saturated heterocycles. The summed E-state index contributed by atoms with van der Waals surface area (Å²) in [7, 11) is 1.74. The Morgan fingerprint density at radius 1 is 1.09 bits per heavy atom. The smallest absolute Gasteiger partial charge is 0.170 e. The Bertz CT molecular complexity index is 1120. The number of nitrogens with one attached hydrogen (secondary N) is 1. The molecule has 4 rings (SSSR count). The lowest BCUT2D eigenvalue weighted by Crippen LogP contribution is -2.31. The molecule has 7 heteroatoms. The normalized spacial score (nSPS) is 17.6. The number of anilines is 1. The van der Waals surface area contributed by atoms with E-state index in [0.29, 0.717) is 6.61 Å². The van der Waals surface area contributed by atoms with E-state index in [1.165, 1.54) is 28.3 Å². The zero-order valence-electron chi connectivity index (χ0n) is 21.5. The van der Waals surface area contributed by atoms with Crippen LogP contribution >= 0.6 is 12.2 Å². The average Bonchev–Trinajstić information content (AvgIpc) is 3.36. The van der Waals surface area contributed by atoms with Gasteiger partial charge in [-0.1, -0.05) is 6.07 Å². The van der Waals surface area contributed by atoms with Gasteiger partial charge >= 0.3 is 0 Å². The van der Waals surface area contributed by atoms with Gasteiger partial charge in [0.25, 0.3) is 0 Å². The van der Waals surface area contributed by atoms with Gasteiger partial charge in [-0.05, 0) is 94.4 Å². The minimum absolute atomic E-state index is 0.00904. The van der Waals surface area contributed by atoms with Crippen molar-refractivity contribution >= 4 is 23.0 Å². The first kappa shape index (κ1) is 25.2. The van der Waals surface area contributed by atoms with Crippen molar-refractivity contribution in [2.24, 2.45) is 0 Å². The Morgan fingerprint density at radius 3 is 2.46 bits per heavy atom. The zero-order chi connectivity index (χ0) is 24.9. The highest BCUT2D eigenvalue weighted by atomic mass is 32.1. The largest absolute Gasteiger partial charge is 0.385 e. The van der Waals surface area contributed by atoms with E-state index in [9.17, 15) is 0 Å². The Hall–Kier alpha value is -2.90. The molecule has 0 spiro atoms. The van der Waals surface area contributed by atoms with Gasteiger partial charge in [0, 0.05) is 62.3 Å². The van der Waals surface area contributed by atoms with Crippen LogP contribution in [0.4, 0.5) is 5.69 Å². The van der Waals surface area contributed by atoms with Crippen LogP contribution in [0.5, 0.6) is 0 Å². The fraction of sp³-hybridized carbons (Fsp3) is 0.429. The van der Waals surface area contributed by atoms with Gasteiger partial charge in [-0.15, -0.1) is 0 Å². The molecule has 186 valence electrons. The topological polar surface area (TPSA) is 45.6 Å². The summed E-state index contributed by atoms with van der Waals surface area (Å²) in [6, 6.07) is 17.3. The van der Waals surface area contributed by atoms with Crippen molar-refractivity contribution in [2.45, 2.75) is 46.2 Å². The highest BCUT2D eigenvalue weighted by Crippen LogP contribution is 2.41. The third-order valence-corrected chi connectivity index (χ3v) is 7.32. The first-order chi connectivity index (χ1) is 17.0. The molecule has 1 aliphatic heterocycles. The number of thiocarbonyl (C=S) groups is 1. The van der Waals surface area contributed by atoms with E-state index in [2.05, 4.69) is 88.8 Å². The molecule has 1 aliphatic rings. The van der Waals surface area contributed by atoms with E-state index >= 15 is 0 Å². The first-order valence-electron chi connectivity index (χ1n) is 12.5. The second-order valence-corrected chi connectivity index (χ2v) is 9.40. The number of rotatable bonds is 10. The number of aryl methyl sites for hydroxylation is 1. The Balaban J connectivity index is 1.73. The standard InChI is InChI=1S/C28H37N5OS/c1-6-31(7-2)22-12-14-23(15-13-22)33-20(3)19-24(21(33)4)27-26(25-11-8-9-16-29-25)30-28(35)32(27)17-10-18-34-5/h8-9,11-16,19,26-27H,6-7,10,17-18H2,1-5H3,(H,30,35)/t26-,27-/m1/s1. The molecule has 0 unspecified atom stereocenters. The van der Waals surface area contributed by atoms with Crippen LogP contribution in [0.2, 0.25) is 0 Å². The first-order valence-corrected chi connectivity index (χ1v) is 12.9. The van der Waals surface area contributed by atoms with Crippen molar-refractivity contribution in [3.05, 3.63) is 77.4 Å². The molecule has 0 saturated carbocycles. The molecular formula is C28H37N5OS. The quantitative estimate of drug-likeness (QED) is 0.305. The average molecular weight is 492 g/mol. The monoisotopic (exact) mass is 491 g/mol. The molecule has 3 aromatic rings. The highest BCUT2D eigenvalue weighted by Gasteiger charge is 2.41. The minimum Gasteiger partial charge on any atom is -0.385 e. The fourth-order valence-electron chi connectivity index (χ4n) is 5.25. The highest BCUT2D eigenvalue weighted by molar-refractivity contribution is 7.80. The molecule has 0 bridgehead atoms. The lowest BCUT2D eigenvalue weighted by Gasteiger charge is -2.28. The van der Waals surface area contributed by atoms with Crippen LogP contribution in [0.25, 0.3) is 5.69 Å². The number of hydrogen-bond acceptors (Lipinski definition) is 4. The van der Waals surface area contributed by atoms with Gasteiger partial charge in [-0.3, -0.25) is 4.98 Å². The van der Waals surface area contributed by atoms with E-state index in [1.54, 1.807) is 7.11 Å². The van der Waals surface area contributed by atoms with Crippen molar-refractivity contribution in [1.82, 2.24) is 19.8 Å². The van der Waals surface area contributed by atoms with Crippen LogP contribution in [0, 0.1) is 13.8 Å². The van der Waals surface area contributed by atoms with Crippen LogP contribution in [0.3, 0.4) is 0 Å². The number of pyridine rings is 1. The molecule has 0 aliphatic carbocycles. The number of benzene rings is 1. The van der Waals surface area contributed by atoms with Gasteiger partial charge in [-0.25, -0.2) is 0 Å². The number of aromatic nitrogens is 2.